The molecule has 0 aliphatic carbocycles. The van der Waals surface area contributed by atoms with Gasteiger partial charge in [-0.2, -0.15) is 0 Å². The molecule has 2 aromatic carbocycles. The van der Waals surface area contributed by atoms with Crippen LogP contribution in [0.3, 0.4) is 0 Å². The van der Waals surface area contributed by atoms with E-state index in [-0.39, 0.29) is 11.7 Å². The second kappa shape index (κ2) is 9.67. The van der Waals surface area contributed by atoms with Gasteiger partial charge in [-0.05, 0) is 62.2 Å². The minimum atomic E-state index is -0.299. The quantitative estimate of drug-likeness (QED) is 0.625. The molecule has 0 spiro atoms. The highest BCUT2D eigenvalue weighted by Gasteiger charge is 2.23. The Morgan fingerprint density at radius 2 is 1.77 bits per heavy atom. The molecule has 6 heteroatoms. The maximum Gasteiger partial charge on any atom is 0.272 e. The van der Waals surface area contributed by atoms with E-state index in [0.29, 0.717) is 12.2 Å². The van der Waals surface area contributed by atoms with Crippen molar-refractivity contribution in [2.45, 2.75) is 19.3 Å². The summed E-state index contributed by atoms with van der Waals surface area (Å²) in [6.07, 6.45) is 6.36. The molecule has 3 aromatic rings. The lowest BCUT2D eigenvalue weighted by atomic mass is 10.1. The van der Waals surface area contributed by atoms with Gasteiger partial charge in [0.05, 0.1) is 12.5 Å². The molecule has 1 fully saturated rings. The van der Waals surface area contributed by atoms with Gasteiger partial charge in [0.15, 0.2) is 0 Å². The Hall–Kier alpha value is -2.99. The number of hydrogen-bond acceptors (Lipinski definition) is 3. The number of rotatable bonds is 6. The van der Waals surface area contributed by atoms with Crippen molar-refractivity contribution in [2.75, 3.05) is 32.7 Å². The van der Waals surface area contributed by atoms with E-state index in [1.54, 1.807) is 29.2 Å². The Morgan fingerprint density at radius 1 is 0.967 bits per heavy atom. The van der Waals surface area contributed by atoms with Gasteiger partial charge in [0.1, 0.15) is 11.5 Å². The topological polar surface area (TPSA) is 41.4 Å². The lowest BCUT2D eigenvalue weighted by Gasteiger charge is -2.22. The fourth-order valence-corrected chi connectivity index (χ4v) is 3.97. The first-order valence-electron chi connectivity index (χ1n) is 10.5. The molecule has 156 valence electrons. The molecule has 1 aliphatic rings. The van der Waals surface area contributed by atoms with Crippen LogP contribution in [-0.4, -0.2) is 58.0 Å². The van der Waals surface area contributed by atoms with Crippen LogP contribution < -0.4 is 0 Å². The Bertz CT molecular complexity index is 955. The standard InChI is InChI=1S/C24H27FN4O/c25-21-9-11-22(12-10-21)29-19-26-18-23(29)24(30)28-15-5-14-27(16-17-28)13-4-8-20-6-2-1-3-7-20/h1-3,6-7,9-12,18-19H,4-5,8,13-17H2. The zero-order valence-electron chi connectivity index (χ0n) is 17.1. The van der Waals surface area contributed by atoms with Gasteiger partial charge in [-0.15, -0.1) is 0 Å². The van der Waals surface area contributed by atoms with Crippen molar-refractivity contribution < 1.29 is 9.18 Å². The van der Waals surface area contributed by atoms with Gasteiger partial charge in [0, 0.05) is 25.3 Å². The molecular weight excluding hydrogens is 379 g/mol. The highest BCUT2D eigenvalue weighted by molar-refractivity contribution is 5.93. The monoisotopic (exact) mass is 406 g/mol. The molecule has 0 saturated carbocycles. The number of benzene rings is 2. The summed E-state index contributed by atoms with van der Waals surface area (Å²) in [5, 5.41) is 0. The number of halogens is 1. The molecule has 1 saturated heterocycles. The first-order chi connectivity index (χ1) is 14.7. The first-order valence-corrected chi connectivity index (χ1v) is 10.5. The van der Waals surface area contributed by atoms with Gasteiger partial charge in [0.25, 0.3) is 5.91 Å². The smallest absolute Gasteiger partial charge is 0.272 e. The molecule has 1 aromatic heterocycles. The highest BCUT2D eigenvalue weighted by Crippen LogP contribution is 2.15. The molecule has 1 amide bonds. The Balaban J connectivity index is 1.34. The van der Waals surface area contributed by atoms with Gasteiger partial charge in [-0.3, -0.25) is 9.36 Å². The third-order valence-electron chi connectivity index (χ3n) is 5.62. The van der Waals surface area contributed by atoms with Gasteiger partial charge in [0.2, 0.25) is 0 Å². The maximum absolute atomic E-state index is 13.2. The van der Waals surface area contributed by atoms with Gasteiger partial charge < -0.3 is 9.80 Å². The van der Waals surface area contributed by atoms with Crippen molar-refractivity contribution in [3.8, 4) is 5.69 Å². The van der Waals surface area contributed by atoms with Crippen LogP contribution in [0.4, 0.5) is 4.39 Å². The number of aromatic nitrogens is 2. The summed E-state index contributed by atoms with van der Waals surface area (Å²) >= 11 is 0. The second-order valence-corrected chi connectivity index (χ2v) is 7.70. The number of amides is 1. The highest BCUT2D eigenvalue weighted by atomic mass is 19.1. The van der Waals surface area contributed by atoms with Crippen LogP contribution in [0.2, 0.25) is 0 Å². The lowest BCUT2D eigenvalue weighted by molar-refractivity contribution is 0.0753. The predicted molar refractivity (Wildman–Crippen MR) is 115 cm³/mol. The zero-order chi connectivity index (χ0) is 20.8. The summed E-state index contributed by atoms with van der Waals surface area (Å²) in [7, 11) is 0. The number of imidazole rings is 1. The van der Waals surface area contributed by atoms with Gasteiger partial charge >= 0.3 is 0 Å². The van der Waals surface area contributed by atoms with E-state index < -0.39 is 0 Å². The summed E-state index contributed by atoms with van der Waals surface area (Å²) in [5.74, 6) is -0.324. The first kappa shape index (κ1) is 20.3. The van der Waals surface area contributed by atoms with Gasteiger partial charge in [-0.1, -0.05) is 30.3 Å². The number of hydrogen-bond donors (Lipinski definition) is 0. The molecule has 1 aliphatic heterocycles. The Labute approximate surface area is 176 Å². The summed E-state index contributed by atoms with van der Waals surface area (Å²) in [4.78, 5) is 21.7. The van der Waals surface area contributed by atoms with E-state index in [0.717, 1.165) is 51.1 Å². The molecule has 30 heavy (non-hydrogen) atoms. The molecule has 5 nitrogen and oxygen atoms in total. The minimum Gasteiger partial charge on any atom is -0.336 e. The largest absolute Gasteiger partial charge is 0.336 e. The van der Waals surface area contributed by atoms with Gasteiger partial charge in [-0.25, -0.2) is 9.37 Å². The summed E-state index contributed by atoms with van der Waals surface area (Å²) in [6, 6.07) is 16.7. The number of aryl methyl sites for hydroxylation is 1. The molecule has 4 rings (SSSR count). The summed E-state index contributed by atoms with van der Waals surface area (Å²) < 4.78 is 15.0. The molecule has 0 N–H and O–H groups in total. The number of carbonyl (C=O) groups is 1. The molecular formula is C24H27FN4O. The number of nitrogens with zero attached hydrogens (tertiary/aromatic N) is 4. The molecule has 0 bridgehead atoms. The van der Waals surface area contributed by atoms with Crippen molar-refractivity contribution >= 4 is 5.91 Å². The van der Waals surface area contributed by atoms with Crippen LogP contribution in [-0.2, 0) is 6.42 Å². The van der Waals surface area contributed by atoms with Crippen molar-refractivity contribution in [3.05, 3.63) is 84.2 Å². The van der Waals surface area contributed by atoms with Crippen molar-refractivity contribution in [1.29, 1.82) is 0 Å². The maximum atomic E-state index is 13.2. The molecule has 2 heterocycles. The lowest BCUT2D eigenvalue weighted by Crippen LogP contribution is -2.36. The van der Waals surface area contributed by atoms with E-state index in [9.17, 15) is 9.18 Å². The molecule has 0 radical (unpaired) electrons. The van der Waals surface area contributed by atoms with Crippen LogP contribution >= 0.6 is 0 Å². The summed E-state index contributed by atoms with van der Waals surface area (Å²) in [5.41, 5.74) is 2.62. The number of carbonyl (C=O) groups excluding carboxylic acids is 1. The fourth-order valence-electron chi connectivity index (χ4n) is 3.97. The van der Waals surface area contributed by atoms with Crippen LogP contribution in [0.5, 0.6) is 0 Å². The van der Waals surface area contributed by atoms with E-state index in [1.807, 2.05) is 11.0 Å². The van der Waals surface area contributed by atoms with Crippen molar-refractivity contribution in [1.82, 2.24) is 19.4 Å². The Kier molecular flexibility index (Phi) is 6.54. The normalized spacial score (nSPS) is 15.2. The van der Waals surface area contributed by atoms with E-state index in [2.05, 4.69) is 34.1 Å². The molecule has 0 unspecified atom stereocenters. The van der Waals surface area contributed by atoms with E-state index >= 15 is 0 Å². The zero-order valence-corrected chi connectivity index (χ0v) is 17.1. The third kappa shape index (κ3) is 4.94. The third-order valence-corrected chi connectivity index (χ3v) is 5.62. The molecule has 0 atom stereocenters. The van der Waals surface area contributed by atoms with Crippen molar-refractivity contribution in [2.24, 2.45) is 0 Å². The van der Waals surface area contributed by atoms with E-state index in [4.69, 9.17) is 0 Å². The minimum absolute atomic E-state index is 0.0250. The van der Waals surface area contributed by atoms with Crippen LogP contribution in [0, 0.1) is 5.82 Å². The van der Waals surface area contributed by atoms with Crippen molar-refractivity contribution in [3.63, 3.8) is 0 Å². The fraction of sp³-hybridized carbons (Fsp3) is 0.333. The van der Waals surface area contributed by atoms with Crippen LogP contribution in [0.1, 0.15) is 28.9 Å². The second-order valence-electron chi connectivity index (χ2n) is 7.70. The van der Waals surface area contributed by atoms with Crippen LogP contribution in [0.15, 0.2) is 67.1 Å². The Morgan fingerprint density at radius 3 is 2.57 bits per heavy atom. The average molecular weight is 407 g/mol. The predicted octanol–water partition coefficient (Wildman–Crippen LogP) is 3.79. The SMILES string of the molecule is O=C(c1cncn1-c1ccc(F)cc1)N1CCCN(CCCc2ccccc2)CC1. The summed E-state index contributed by atoms with van der Waals surface area (Å²) in [6.45, 7) is 4.38. The van der Waals surface area contributed by atoms with Crippen LogP contribution in [0.25, 0.3) is 5.69 Å². The van der Waals surface area contributed by atoms with E-state index in [1.165, 1.54) is 17.7 Å². The average Bonchev–Trinajstić information content (AvgIpc) is 3.14.